The van der Waals surface area contributed by atoms with Crippen molar-refractivity contribution < 1.29 is 29.1 Å². The summed E-state index contributed by atoms with van der Waals surface area (Å²) in [5.41, 5.74) is 4.58. The number of hydrogen-bond donors (Lipinski definition) is 1. The maximum absolute atomic E-state index is 11.2. The van der Waals surface area contributed by atoms with E-state index >= 15 is 0 Å². The Kier molecular flexibility index (Phi) is 8.73. The van der Waals surface area contributed by atoms with Gasteiger partial charge in [0.05, 0.1) is 31.1 Å². The molecule has 0 saturated heterocycles. The van der Waals surface area contributed by atoms with Gasteiger partial charge in [0.1, 0.15) is 0 Å². The van der Waals surface area contributed by atoms with Crippen LogP contribution in [-0.2, 0) is 9.47 Å². The summed E-state index contributed by atoms with van der Waals surface area (Å²) in [6, 6.07) is 9.97. The van der Waals surface area contributed by atoms with Crippen molar-refractivity contribution in [3.8, 4) is 0 Å². The minimum atomic E-state index is -0.386. The first-order valence-electron chi connectivity index (χ1n) is 8.74. The second kappa shape index (κ2) is 10.8. The average Bonchev–Trinajstić information content (AvgIpc) is 2.71. The fourth-order valence-electron chi connectivity index (χ4n) is 2.67. The number of carbonyl (C=O) groups is 3. The van der Waals surface area contributed by atoms with Gasteiger partial charge in [0.15, 0.2) is 5.78 Å². The van der Waals surface area contributed by atoms with E-state index in [1.165, 1.54) is 21.1 Å². The molecule has 0 unspecified atom stereocenters. The second-order valence-electron chi connectivity index (χ2n) is 6.28. The number of Topliss-reactive ketones (excluding diaryl/α,β-unsaturated/α-hetero) is 1. The van der Waals surface area contributed by atoms with Crippen LogP contribution in [0.1, 0.15) is 61.6 Å². The van der Waals surface area contributed by atoms with Crippen molar-refractivity contribution in [2.75, 3.05) is 14.2 Å². The van der Waals surface area contributed by atoms with Crippen LogP contribution in [-0.4, -0.2) is 42.9 Å². The minimum absolute atomic E-state index is 0.00100. The SMILES string of the molecule is COC(=O)c1ccc(C(C)=NO)c(C)c1.COC(=O)c1ccc(C(C)=O)c(C)c1. The highest BCUT2D eigenvalue weighted by Crippen LogP contribution is 2.13. The van der Waals surface area contributed by atoms with Crippen molar-refractivity contribution in [1.82, 2.24) is 0 Å². The van der Waals surface area contributed by atoms with E-state index < -0.39 is 0 Å². The molecule has 7 heteroatoms. The maximum atomic E-state index is 11.2. The number of rotatable bonds is 4. The van der Waals surface area contributed by atoms with Gasteiger partial charge in [-0.05, 0) is 63.1 Å². The minimum Gasteiger partial charge on any atom is -0.465 e. The molecule has 154 valence electrons. The van der Waals surface area contributed by atoms with Crippen molar-refractivity contribution in [3.63, 3.8) is 0 Å². The summed E-state index contributed by atoms with van der Waals surface area (Å²) in [5, 5.41) is 11.7. The lowest BCUT2D eigenvalue weighted by Crippen LogP contribution is -2.04. The van der Waals surface area contributed by atoms with Gasteiger partial charge in [-0.2, -0.15) is 0 Å². The van der Waals surface area contributed by atoms with E-state index in [2.05, 4.69) is 14.6 Å². The van der Waals surface area contributed by atoms with Crippen LogP contribution in [0.3, 0.4) is 0 Å². The lowest BCUT2D eigenvalue weighted by molar-refractivity contribution is 0.0591. The molecule has 2 aromatic carbocycles. The summed E-state index contributed by atoms with van der Waals surface area (Å²) in [6.45, 7) is 6.83. The number of ketones is 1. The molecule has 0 fully saturated rings. The monoisotopic (exact) mass is 399 g/mol. The van der Waals surface area contributed by atoms with Gasteiger partial charge < -0.3 is 14.7 Å². The van der Waals surface area contributed by atoms with Crippen molar-refractivity contribution in [2.24, 2.45) is 5.16 Å². The molecule has 1 N–H and O–H groups in total. The number of benzene rings is 2. The van der Waals surface area contributed by atoms with Gasteiger partial charge in [-0.25, -0.2) is 9.59 Å². The summed E-state index contributed by atoms with van der Waals surface area (Å²) in [5.74, 6) is -0.759. The molecule has 0 atom stereocenters. The maximum Gasteiger partial charge on any atom is 0.337 e. The summed E-state index contributed by atoms with van der Waals surface area (Å²) in [7, 11) is 2.67. The van der Waals surface area contributed by atoms with Crippen LogP contribution < -0.4 is 0 Å². The van der Waals surface area contributed by atoms with Crippen LogP contribution in [0.2, 0.25) is 0 Å². The van der Waals surface area contributed by atoms with E-state index in [9.17, 15) is 14.4 Å². The molecule has 29 heavy (non-hydrogen) atoms. The zero-order chi connectivity index (χ0) is 22.1. The number of oxime groups is 1. The first-order chi connectivity index (χ1) is 13.7. The molecule has 0 aliphatic rings. The number of aryl methyl sites for hydroxylation is 2. The predicted octanol–water partition coefficient (Wildman–Crippen LogP) is 3.96. The highest BCUT2D eigenvalue weighted by molar-refractivity contribution is 6.01. The summed E-state index contributed by atoms with van der Waals surface area (Å²) in [4.78, 5) is 33.5. The highest BCUT2D eigenvalue weighted by Gasteiger charge is 2.10. The molecule has 0 aliphatic carbocycles. The second-order valence-corrected chi connectivity index (χ2v) is 6.28. The van der Waals surface area contributed by atoms with Crippen molar-refractivity contribution >= 4 is 23.4 Å². The largest absolute Gasteiger partial charge is 0.465 e. The molecule has 7 nitrogen and oxygen atoms in total. The average molecular weight is 399 g/mol. The number of esters is 2. The molecule has 0 aliphatic heterocycles. The van der Waals surface area contributed by atoms with Crippen LogP contribution in [0.15, 0.2) is 41.6 Å². The molecule has 0 amide bonds. The van der Waals surface area contributed by atoms with Crippen LogP contribution in [0.25, 0.3) is 0 Å². The van der Waals surface area contributed by atoms with Gasteiger partial charge in [-0.15, -0.1) is 0 Å². The number of carbonyl (C=O) groups excluding carboxylic acids is 3. The quantitative estimate of drug-likeness (QED) is 0.274. The number of nitrogens with zero attached hydrogens (tertiary/aromatic N) is 1. The molecule has 0 spiro atoms. The van der Waals surface area contributed by atoms with Crippen LogP contribution >= 0.6 is 0 Å². The number of methoxy groups -OCH3 is 2. The number of hydrogen-bond acceptors (Lipinski definition) is 7. The Morgan fingerprint density at radius 2 is 1.21 bits per heavy atom. The highest BCUT2D eigenvalue weighted by atomic mass is 16.5. The molecule has 0 aromatic heterocycles. The molecule has 0 heterocycles. The zero-order valence-electron chi connectivity index (χ0n) is 17.4. The third-order valence-electron chi connectivity index (χ3n) is 4.21. The summed E-state index contributed by atoms with van der Waals surface area (Å²) < 4.78 is 9.17. The third kappa shape index (κ3) is 6.27. The zero-order valence-corrected chi connectivity index (χ0v) is 17.4. The van der Waals surface area contributed by atoms with E-state index in [4.69, 9.17) is 5.21 Å². The molecule has 0 radical (unpaired) electrons. The smallest absolute Gasteiger partial charge is 0.337 e. The van der Waals surface area contributed by atoms with Gasteiger partial charge in [-0.1, -0.05) is 17.3 Å². The first-order valence-corrected chi connectivity index (χ1v) is 8.74. The van der Waals surface area contributed by atoms with Gasteiger partial charge in [0.2, 0.25) is 0 Å². The molecule has 0 saturated carbocycles. The normalized spacial score (nSPS) is 10.5. The lowest BCUT2D eigenvalue weighted by Gasteiger charge is -2.05. The van der Waals surface area contributed by atoms with Crippen LogP contribution in [0, 0.1) is 13.8 Å². The molecule has 0 bridgehead atoms. The van der Waals surface area contributed by atoms with Crippen molar-refractivity contribution in [2.45, 2.75) is 27.7 Å². The Bertz CT molecular complexity index is 946. The number of ether oxygens (including phenoxy) is 2. The Morgan fingerprint density at radius 1 is 0.793 bits per heavy atom. The Hall–Kier alpha value is -3.48. The standard InChI is InChI=1S/C11H13NO3.C11H12O3/c1-7-6-9(11(13)15-3)4-5-10(7)8(2)12-14;1-7-6-9(11(13)14-3)4-5-10(7)8(2)12/h4-6,14H,1-3H3;4-6H,1-3H3. The van der Waals surface area contributed by atoms with E-state index in [-0.39, 0.29) is 17.7 Å². The van der Waals surface area contributed by atoms with Crippen molar-refractivity contribution in [3.05, 3.63) is 69.8 Å². The van der Waals surface area contributed by atoms with E-state index in [0.29, 0.717) is 22.4 Å². The Morgan fingerprint density at radius 3 is 1.52 bits per heavy atom. The van der Waals surface area contributed by atoms with Gasteiger partial charge in [-0.3, -0.25) is 4.79 Å². The van der Waals surface area contributed by atoms with Gasteiger partial charge >= 0.3 is 11.9 Å². The Balaban J connectivity index is 0.000000291. The van der Waals surface area contributed by atoms with Gasteiger partial charge in [0.25, 0.3) is 0 Å². The fraction of sp³-hybridized carbons (Fsp3) is 0.273. The molecule has 2 rings (SSSR count). The van der Waals surface area contributed by atoms with Crippen LogP contribution in [0.4, 0.5) is 0 Å². The lowest BCUT2D eigenvalue weighted by atomic mass is 10.0. The Labute approximate surface area is 169 Å². The third-order valence-corrected chi connectivity index (χ3v) is 4.21. The molecular formula is C22H25NO6. The molecular weight excluding hydrogens is 374 g/mol. The summed E-state index contributed by atoms with van der Waals surface area (Å²) >= 11 is 0. The first kappa shape index (κ1) is 23.6. The fourth-order valence-corrected chi connectivity index (χ4v) is 2.67. The summed E-state index contributed by atoms with van der Waals surface area (Å²) in [6.07, 6.45) is 0. The van der Waals surface area contributed by atoms with E-state index in [1.54, 1.807) is 50.2 Å². The van der Waals surface area contributed by atoms with Crippen molar-refractivity contribution in [1.29, 1.82) is 0 Å². The topological polar surface area (TPSA) is 102 Å². The van der Waals surface area contributed by atoms with Gasteiger partial charge in [0, 0.05) is 11.1 Å². The van der Waals surface area contributed by atoms with Crippen LogP contribution in [0.5, 0.6) is 0 Å². The van der Waals surface area contributed by atoms with E-state index in [1.807, 2.05) is 6.92 Å². The molecule has 2 aromatic rings. The predicted molar refractivity (Wildman–Crippen MR) is 109 cm³/mol. The van der Waals surface area contributed by atoms with E-state index in [0.717, 1.165) is 16.7 Å².